The average molecular weight is 356 g/mol. The number of carbonyl (C=O) groups is 1. The number of piperidine rings is 1. The van der Waals surface area contributed by atoms with E-state index in [1.54, 1.807) is 6.20 Å². The zero-order valence-corrected chi connectivity index (χ0v) is 15.4. The standard InChI is InChI=1S/C19H24N4O3/c1-13-5-4-6-15(9-13)26-19(2,3)18(24)22-8-7-17-16(11-22)23-14(12-25-17)10-20-21-23/h4-6,9-10,16-17H,7-8,11-12H2,1-3H3/t16-,17-/m0/s1. The zero-order valence-electron chi connectivity index (χ0n) is 15.4. The summed E-state index contributed by atoms with van der Waals surface area (Å²) < 4.78 is 13.9. The summed E-state index contributed by atoms with van der Waals surface area (Å²) in [5, 5.41) is 8.17. The highest BCUT2D eigenvalue weighted by Gasteiger charge is 2.42. The molecule has 0 spiro atoms. The lowest BCUT2D eigenvalue weighted by atomic mass is 9.98. The van der Waals surface area contributed by atoms with E-state index in [9.17, 15) is 4.79 Å². The molecule has 1 aromatic carbocycles. The Hall–Kier alpha value is -2.41. The molecule has 138 valence electrons. The van der Waals surface area contributed by atoms with Gasteiger partial charge < -0.3 is 14.4 Å². The van der Waals surface area contributed by atoms with E-state index in [1.807, 2.05) is 54.6 Å². The van der Waals surface area contributed by atoms with E-state index in [4.69, 9.17) is 9.47 Å². The van der Waals surface area contributed by atoms with Crippen molar-refractivity contribution in [3.8, 4) is 5.75 Å². The fourth-order valence-corrected chi connectivity index (χ4v) is 3.76. The van der Waals surface area contributed by atoms with Crippen LogP contribution in [0, 0.1) is 6.92 Å². The molecule has 1 fully saturated rings. The van der Waals surface area contributed by atoms with Crippen LogP contribution in [0.3, 0.4) is 0 Å². The van der Waals surface area contributed by atoms with Gasteiger partial charge in [0.1, 0.15) is 5.75 Å². The molecule has 0 saturated carbocycles. The summed E-state index contributed by atoms with van der Waals surface area (Å²) >= 11 is 0. The quantitative estimate of drug-likeness (QED) is 0.842. The summed E-state index contributed by atoms with van der Waals surface area (Å²) in [6.45, 7) is 7.39. The normalized spacial score (nSPS) is 22.5. The molecule has 2 aliphatic rings. The first kappa shape index (κ1) is 17.0. The van der Waals surface area contributed by atoms with Gasteiger partial charge >= 0.3 is 0 Å². The molecule has 0 aliphatic carbocycles. The van der Waals surface area contributed by atoms with Crippen molar-refractivity contribution < 1.29 is 14.3 Å². The fourth-order valence-electron chi connectivity index (χ4n) is 3.76. The minimum atomic E-state index is -0.943. The van der Waals surface area contributed by atoms with Gasteiger partial charge in [0, 0.05) is 13.1 Å². The molecule has 2 atom stereocenters. The maximum Gasteiger partial charge on any atom is 0.266 e. The number of nitrogens with zero attached hydrogens (tertiary/aromatic N) is 4. The van der Waals surface area contributed by atoms with Crippen LogP contribution >= 0.6 is 0 Å². The Bertz CT molecular complexity index is 817. The molecular formula is C19H24N4O3. The highest BCUT2D eigenvalue weighted by atomic mass is 16.5. The molecule has 2 aliphatic heterocycles. The van der Waals surface area contributed by atoms with Crippen LogP contribution in [-0.2, 0) is 16.1 Å². The van der Waals surface area contributed by atoms with Crippen LogP contribution in [0.15, 0.2) is 30.5 Å². The third-order valence-corrected chi connectivity index (χ3v) is 5.09. The van der Waals surface area contributed by atoms with Crippen molar-refractivity contribution in [3.63, 3.8) is 0 Å². The Morgan fingerprint density at radius 2 is 2.23 bits per heavy atom. The van der Waals surface area contributed by atoms with Gasteiger partial charge in [-0.15, -0.1) is 5.10 Å². The molecule has 2 aromatic rings. The Morgan fingerprint density at radius 3 is 3.04 bits per heavy atom. The van der Waals surface area contributed by atoms with E-state index in [0.717, 1.165) is 17.7 Å². The summed E-state index contributed by atoms with van der Waals surface area (Å²) in [6, 6.07) is 7.77. The van der Waals surface area contributed by atoms with Crippen LogP contribution in [0.25, 0.3) is 0 Å². The molecule has 0 N–H and O–H groups in total. The van der Waals surface area contributed by atoms with E-state index >= 15 is 0 Å². The topological polar surface area (TPSA) is 69.5 Å². The molecule has 7 nitrogen and oxygen atoms in total. The maximum atomic E-state index is 13.1. The van der Waals surface area contributed by atoms with Crippen molar-refractivity contribution in [2.45, 2.75) is 51.5 Å². The molecule has 0 radical (unpaired) electrons. The van der Waals surface area contributed by atoms with Crippen LogP contribution in [0.2, 0.25) is 0 Å². The van der Waals surface area contributed by atoms with Crippen LogP contribution in [0.5, 0.6) is 5.75 Å². The van der Waals surface area contributed by atoms with Gasteiger partial charge in [0.15, 0.2) is 5.60 Å². The predicted octanol–water partition coefficient (Wildman–Crippen LogP) is 2.12. The summed E-state index contributed by atoms with van der Waals surface area (Å²) in [7, 11) is 0. The van der Waals surface area contributed by atoms with Gasteiger partial charge in [0.05, 0.1) is 30.6 Å². The van der Waals surface area contributed by atoms with Crippen LogP contribution in [0.1, 0.15) is 37.6 Å². The van der Waals surface area contributed by atoms with Crippen molar-refractivity contribution in [1.82, 2.24) is 19.9 Å². The zero-order chi connectivity index (χ0) is 18.3. The summed E-state index contributed by atoms with van der Waals surface area (Å²) in [6.07, 6.45) is 2.59. The third-order valence-electron chi connectivity index (χ3n) is 5.09. The maximum absolute atomic E-state index is 13.1. The number of amides is 1. The van der Waals surface area contributed by atoms with Crippen LogP contribution < -0.4 is 4.74 Å². The number of fused-ring (bicyclic) bond motifs is 3. The summed E-state index contributed by atoms with van der Waals surface area (Å²) in [4.78, 5) is 15.0. The fraction of sp³-hybridized carbons (Fsp3) is 0.526. The minimum Gasteiger partial charge on any atom is -0.478 e. The van der Waals surface area contributed by atoms with Crippen LogP contribution in [-0.4, -0.2) is 50.6 Å². The van der Waals surface area contributed by atoms with Crippen molar-refractivity contribution >= 4 is 5.91 Å². The Morgan fingerprint density at radius 1 is 1.38 bits per heavy atom. The Kier molecular flexibility index (Phi) is 4.19. The van der Waals surface area contributed by atoms with E-state index in [0.29, 0.717) is 25.4 Å². The lowest BCUT2D eigenvalue weighted by Gasteiger charge is -2.43. The number of hydrogen-bond acceptors (Lipinski definition) is 5. The van der Waals surface area contributed by atoms with Crippen molar-refractivity contribution in [2.75, 3.05) is 13.1 Å². The Labute approximate surface area is 152 Å². The number of ether oxygens (including phenoxy) is 2. The summed E-state index contributed by atoms with van der Waals surface area (Å²) in [5.41, 5.74) is 1.11. The molecule has 0 bridgehead atoms. The molecule has 4 rings (SSSR count). The molecule has 1 aromatic heterocycles. The average Bonchev–Trinajstić information content (AvgIpc) is 3.09. The molecule has 3 heterocycles. The monoisotopic (exact) mass is 356 g/mol. The SMILES string of the molecule is Cc1cccc(OC(C)(C)C(=O)N2CC[C@@H]3OCc4cnnn4[C@H]3C2)c1. The molecule has 26 heavy (non-hydrogen) atoms. The lowest BCUT2D eigenvalue weighted by Crippen LogP contribution is -2.56. The third kappa shape index (κ3) is 3.07. The van der Waals surface area contributed by atoms with E-state index < -0.39 is 5.60 Å². The van der Waals surface area contributed by atoms with Gasteiger partial charge in [-0.25, -0.2) is 4.68 Å². The molecule has 0 unspecified atom stereocenters. The highest BCUT2D eigenvalue weighted by Crippen LogP contribution is 2.31. The first-order valence-corrected chi connectivity index (χ1v) is 9.00. The number of likely N-dealkylation sites (tertiary alicyclic amines) is 1. The van der Waals surface area contributed by atoms with E-state index in [1.165, 1.54) is 0 Å². The molecule has 1 saturated heterocycles. The first-order valence-electron chi connectivity index (χ1n) is 9.00. The lowest BCUT2D eigenvalue weighted by molar-refractivity contribution is -0.151. The van der Waals surface area contributed by atoms with Gasteiger partial charge in [0.2, 0.25) is 0 Å². The second-order valence-electron chi connectivity index (χ2n) is 7.56. The second-order valence-corrected chi connectivity index (χ2v) is 7.56. The summed E-state index contributed by atoms with van der Waals surface area (Å²) in [5.74, 6) is 0.683. The molecular weight excluding hydrogens is 332 g/mol. The second kappa shape index (κ2) is 6.39. The van der Waals surface area contributed by atoms with Gasteiger partial charge in [-0.2, -0.15) is 0 Å². The number of carbonyl (C=O) groups excluding carboxylic acids is 1. The number of aryl methyl sites for hydroxylation is 1. The number of aromatic nitrogens is 3. The molecule has 7 heteroatoms. The van der Waals surface area contributed by atoms with Crippen molar-refractivity contribution in [2.24, 2.45) is 0 Å². The predicted molar refractivity (Wildman–Crippen MR) is 94.7 cm³/mol. The van der Waals surface area contributed by atoms with E-state index in [2.05, 4.69) is 10.3 Å². The van der Waals surface area contributed by atoms with Gasteiger partial charge in [0.25, 0.3) is 5.91 Å². The first-order chi connectivity index (χ1) is 12.4. The number of hydrogen-bond donors (Lipinski definition) is 0. The number of benzene rings is 1. The minimum absolute atomic E-state index is 0.00807. The highest BCUT2D eigenvalue weighted by molar-refractivity contribution is 5.85. The van der Waals surface area contributed by atoms with Crippen molar-refractivity contribution in [3.05, 3.63) is 41.7 Å². The smallest absolute Gasteiger partial charge is 0.266 e. The van der Waals surface area contributed by atoms with Crippen molar-refractivity contribution in [1.29, 1.82) is 0 Å². The largest absolute Gasteiger partial charge is 0.478 e. The van der Waals surface area contributed by atoms with E-state index in [-0.39, 0.29) is 18.1 Å². The van der Waals surface area contributed by atoms with Crippen LogP contribution in [0.4, 0.5) is 0 Å². The Balaban J connectivity index is 1.50. The number of rotatable bonds is 3. The molecule has 1 amide bonds. The van der Waals surface area contributed by atoms with Gasteiger partial charge in [-0.05, 0) is 44.9 Å². The van der Waals surface area contributed by atoms with Gasteiger partial charge in [-0.1, -0.05) is 17.3 Å². The van der Waals surface area contributed by atoms with Gasteiger partial charge in [-0.3, -0.25) is 4.79 Å².